The van der Waals surface area contributed by atoms with E-state index in [1.165, 1.54) is 11.0 Å². The van der Waals surface area contributed by atoms with Gasteiger partial charge < -0.3 is 34.8 Å². The first kappa shape index (κ1) is 30.6. The molecule has 5 rings (SSSR count). The lowest BCUT2D eigenvalue weighted by molar-refractivity contribution is -0.141. The van der Waals surface area contributed by atoms with E-state index in [1.54, 1.807) is 16.2 Å². The monoisotopic (exact) mass is 610 g/mol. The van der Waals surface area contributed by atoms with E-state index in [2.05, 4.69) is 20.8 Å². The number of nitrogens with one attached hydrogen (secondary N) is 2. The van der Waals surface area contributed by atoms with Crippen LogP contribution in [0.5, 0.6) is 5.88 Å². The molecule has 4 atom stereocenters. The van der Waals surface area contributed by atoms with Gasteiger partial charge in [0.1, 0.15) is 12.0 Å². The Kier molecular flexibility index (Phi) is 9.43. The molecule has 0 bridgehead atoms. The van der Waals surface area contributed by atoms with Gasteiger partial charge in [-0.3, -0.25) is 9.59 Å². The zero-order valence-corrected chi connectivity index (χ0v) is 25.6. The summed E-state index contributed by atoms with van der Waals surface area (Å²) in [7, 11) is 0. The number of hydrogen-bond donors (Lipinski definition) is 3. The molecule has 0 spiro atoms. The molecule has 2 fully saturated rings. The van der Waals surface area contributed by atoms with E-state index in [4.69, 9.17) is 9.26 Å². The molecule has 2 aliphatic rings. The van der Waals surface area contributed by atoms with Crippen LogP contribution >= 0.6 is 11.3 Å². The number of β-amino-alcohol motifs (C(OH)–C–C–N with tert-alkyl or cyclic N) is 1. The Morgan fingerprint density at radius 1 is 1.16 bits per heavy atom. The predicted octanol–water partition coefficient (Wildman–Crippen LogP) is 3.09. The highest BCUT2D eigenvalue weighted by Gasteiger charge is 2.43. The molecule has 2 saturated heterocycles. The van der Waals surface area contributed by atoms with Crippen molar-refractivity contribution in [3.63, 3.8) is 0 Å². The lowest BCUT2D eigenvalue weighted by atomic mass is 9.91. The van der Waals surface area contributed by atoms with Gasteiger partial charge in [0.2, 0.25) is 11.8 Å². The van der Waals surface area contributed by atoms with Gasteiger partial charge in [0, 0.05) is 45.2 Å². The van der Waals surface area contributed by atoms with Crippen molar-refractivity contribution in [2.24, 2.45) is 5.92 Å². The third-order valence-electron chi connectivity index (χ3n) is 7.95. The number of carbonyl (C=O) groups excluding carboxylic acids is 3. The summed E-state index contributed by atoms with van der Waals surface area (Å²) < 4.78 is 10.9. The molecule has 1 aromatic carbocycles. The normalized spacial score (nSPS) is 20.2. The molecule has 0 unspecified atom stereocenters. The van der Waals surface area contributed by atoms with Gasteiger partial charge >= 0.3 is 6.09 Å². The summed E-state index contributed by atoms with van der Waals surface area (Å²) in [5.74, 6) is -1.52. The molecule has 4 heterocycles. The standard InChI is InChI=1S/C30H38N6O6S/c1-17(2)26(24-14-25(34-42-24)41-30(40)35-11-9-31-10-12-35)29(39)36-15-22(37)13-23(36)28(38)33-18(3)20-5-7-21(8-6-20)27-19(4)32-16-43-27/h5-8,14,16-18,22-23,26,31,37H,9-13,15H2,1-4H3,(H,33,38)/t18-,22+,23-,26+/m0/s1. The molecule has 230 valence electrons. The predicted molar refractivity (Wildman–Crippen MR) is 160 cm³/mol. The number of rotatable bonds is 8. The fourth-order valence-electron chi connectivity index (χ4n) is 5.58. The number of benzene rings is 1. The molecular weight excluding hydrogens is 572 g/mol. The van der Waals surface area contributed by atoms with E-state index in [1.807, 2.05) is 57.5 Å². The Balaban J connectivity index is 1.25. The van der Waals surface area contributed by atoms with Crippen molar-refractivity contribution in [3.05, 3.63) is 52.9 Å². The van der Waals surface area contributed by atoms with Crippen LogP contribution in [0.1, 0.15) is 56.2 Å². The van der Waals surface area contributed by atoms with Crippen LogP contribution in [0.3, 0.4) is 0 Å². The number of likely N-dealkylation sites (tertiary alicyclic amines) is 1. The number of thiazole rings is 1. The molecule has 2 aromatic heterocycles. The molecule has 43 heavy (non-hydrogen) atoms. The van der Waals surface area contributed by atoms with Gasteiger partial charge in [-0.25, -0.2) is 9.78 Å². The molecule has 0 aliphatic carbocycles. The van der Waals surface area contributed by atoms with E-state index in [0.29, 0.717) is 26.2 Å². The number of aliphatic hydroxyl groups is 1. The molecule has 3 N–H and O–H groups in total. The summed E-state index contributed by atoms with van der Waals surface area (Å²) in [6.07, 6.45) is -1.24. The van der Waals surface area contributed by atoms with Crippen molar-refractivity contribution in [2.45, 2.75) is 58.2 Å². The number of carbonyl (C=O) groups is 3. The minimum absolute atomic E-state index is 0.0242. The van der Waals surface area contributed by atoms with Gasteiger partial charge in [-0.05, 0) is 36.0 Å². The van der Waals surface area contributed by atoms with E-state index in [0.717, 1.165) is 21.7 Å². The van der Waals surface area contributed by atoms with Gasteiger partial charge in [0.15, 0.2) is 5.76 Å². The zero-order chi connectivity index (χ0) is 30.7. The Morgan fingerprint density at radius 2 is 1.88 bits per heavy atom. The largest absolute Gasteiger partial charge is 0.416 e. The number of amides is 3. The summed E-state index contributed by atoms with van der Waals surface area (Å²) in [6, 6.07) is 8.24. The van der Waals surface area contributed by atoms with Crippen molar-refractivity contribution in [1.29, 1.82) is 0 Å². The molecule has 3 amide bonds. The van der Waals surface area contributed by atoms with Crippen LogP contribution < -0.4 is 15.4 Å². The Bertz CT molecular complexity index is 1430. The van der Waals surface area contributed by atoms with Gasteiger partial charge in [0.05, 0.1) is 28.2 Å². The van der Waals surface area contributed by atoms with E-state index in [9.17, 15) is 19.5 Å². The van der Waals surface area contributed by atoms with Crippen molar-refractivity contribution in [2.75, 3.05) is 32.7 Å². The summed E-state index contributed by atoms with van der Waals surface area (Å²) in [4.78, 5) is 48.2. The number of aliphatic hydroxyl groups excluding tert-OH is 1. The lowest BCUT2D eigenvalue weighted by Gasteiger charge is -2.29. The number of ether oxygens (including phenoxy) is 1. The fraction of sp³-hybridized carbons (Fsp3) is 0.500. The van der Waals surface area contributed by atoms with Crippen LogP contribution in [-0.4, -0.2) is 87.8 Å². The van der Waals surface area contributed by atoms with E-state index in [-0.39, 0.29) is 48.4 Å². The van der Waals surface area contributed by atoms with Crippen LogP contribution in [0.4, 0.5) is 4.79 Å². The number of aryl methyl sites for hydroxylation is 1. The number of nitrogens with zero attached hydrogens (tertiary/aromatic N) is 4. The maximum atomic E-state index is 13.9. The van der Waals surface area contributed by atoms with Crippen LogP contribution in [0.2, 0.25) is 0 Å². The molecule has 3 aromatic rings. The van der Waals surface area contributed by atoms with Crippen molar-refractivity contribution < 1.29 is 28.8 Å². The molecule has 2 aliphatic heterocycles. The highest BCUT2D eigenvalue weighted by Crippen LogP contribution is 2.33. The smallest absolute Gasteiger partial charge is 0.391 e. The zero-order valence-electron chi connectivity index (χ0n) is 24.8. The summed E-state index contributed by atoms with van der Waals surface area (Å²) in [5, 5.41) is 20.6. The average Bonchev–Trinajstić information content (AvgIpc) is 3.73. The maximum absolute atomic E-state index is 13.9. The number of hydrogen-bond acceptors (Lipinski definition) is 10. The first-order valence-corrected chi connectivity index (χ1v) is 15.4. The number of aromatic nitrogens is 2. The first-order valence-electron chi connectivity index (χ1n) is 14.6. The SMILES string of the molecule is Cc1ncsc1-c1ccc([C@H](C)NC(=O)[C@@H]2C[C@@H](O)CN2C(=O)[C@@H](c2cc(OC(=O)N3CCNCC3)no2)C(C)C)cc1. The van der Waals surface area contributed by atoms with Gasteiger partial charge in [-0.15, -0.1) is 11.3 Å². The first-order chi connectivity index (χ1) is 20.6. The van der Waals surface area contributed by atoms with Crippen molar-refractivity contribution in [1.82, 2.24) is 30.6 Å². The quantitative estimate of drug-likeness (QED) is 0.350. The minimum Gasteiger partial charge on any atom is -0.391 e. The second kappa shape index (κ2) is 13.2. The maximum Gasteiger partial charge on any atom is 0.416 e. The lowest BCUT2D eigenvalue weighted by Crippen LogP contribution is -2.48. The third-order valence-corrected chi connectivity index (χ3v) is 8.93. The molecule has 0 radical (unpaired) electrons. The molecule has 0 saturated carbocycles. The average molecular weight is 611 g/mol. The van der Waals surface area contributed by atoms with Gasteiger partial charge in [-0.2, -0.15) is 0 Å². The fourth-order valence-corrected chi connectivity index (χ4v) is 6.39. The molecule has 13 heteroatoms. The van der Waals surface area contributed by atoms with Crippen LogP contribution in [0, 0.1) is 12.8 Å². The van der Waals surface area contributed by atoms with Gasteiger partial charge in [0.25, 0.3) is 5.88 Å². The second-order valence-electron chi connectivity index (χ2n) is 11.4. The molecular formula is C30H38N6O6S. The summed E-state index contributed by atoms with van der Waals surface area (Å²) in [6.45, 7) is 10.0. The van der Waals surface area contributed by atoms with E-state index >= 15 is 0 Å². The molecule has 12 nitrogen and oxygen atoms in total. The third kappa shape index (κ3) is 6.89. The number of piperazine rings is 1. The van der Waals surface area contributed by atoms with Crippen molar-refractivity contribution in [3.8, 4) is 16.3 Å². The highest BCUT2D eigenvalue weighted by molar-refractivity contribution is 7.13. The second-order valence-corrected chi connectivity index (χ2v) is 12.3. The van der Waals surface area contributed by atoms with Crippen LogP contribution in [-0.2, 0) is 9.59 Å². The highest BCUT2D eigenvalue weighted by atomic mass is 32.1. The summed E-state index contributed by atoms with van der Waals surface area (Å²) >= 11 is 1.58. The Hall–Kier alpha value is -3.81. The van der Waals surface area contributed by atoms with Crippen molar-refractivity contribution >= 4 is 29.2 Å². The Morgan fingerprint density at radius 3 is 2.53 bits per heavy atom. The minimum atomic E-state index is -0.849. The Labute approximate surface area is 254 Å². The van der Waals surface area contributed by atoms with Gasteiger partial charge in [-0.1, -0.05) is 38.1 Å². The van der Waals surface area contributed by atoms with Crippen LogP contribution in [0.15, 0.2) is 40.4 Å². The van der Waals surface area contributed by atoms with Crippen LogP contribution in [0.25, 0.3) is 10.4 Å². The van der Waals surface area contributed by atoms with E-state index < -0.39 is 24.2 Å². The topological polar surface area (TPSA) is 150 Å². The summed E-state index contributed by atoms with van der Waals surface area (Å²) in [5.41, 5.74) is 4.77.